The number of hydrogen-bond acceptors (Lipinski definition) is 4. The van der Waals surface area contributed by atoms with E-state index in [-0.39, 0.29) is 12.5 Å². The molecule has 0 unspecified atom stereocenters. The molecule has 0 aromatic heterocycles. The van der Waals surface area contributed by atoms with Crippen molar-refractivity contribution in [3.8, 4) is 0 Å². The summed E-state index contributed by atoms with van der Waals surface area (Å²) in [6, 6.07) is 7.61. The third-order valence-corrected chi connectivity index (χ3v) is 3.41. The third kappa shape index (κ3) is 2.61. The summed E-state index contributed by atoms with van der Waals surface area (Å²) in [6.07, 6.45) is 1.14. The molecule has 18 heavy (non-hydrogen) atoms. The van der Waals surface area contributed by atoms with Crippen molar-refractivity contribution >= 4 is 11.7 Å². The molecule has 1 fully saturated rings. The number of hydrogen-bond donors (Lipinski definition) is 1. The van der Waals surface area contributed by atoms with Crippen molar-refractivity contribution in [1.82, 2.24) is 0 Å². The Balaban J connectivity index is 2.03. The van der Waals surface area contributed by atoms with Gasteiger partial charge in [0.25, 0.3) is 0 Å². The van der Waals surface area contributed by atoms with Crippen LogP contribution in [-0.2, 0) is 16.3 Å². The van der Waals surface area contributed by atoms with Crippen LogP contribution in [-0.4, -0.2) is 24.2 Å². The number of benzene rings is 1. The lowest BCUT2D eigenvalue weighted by Gasteiger charge is -2.33. The molecule has 0 bridgehead atoms. The van der Waals surface area contributed by atoms with Gasteiger partial charge in [-0.15, -0.1) is 0 Å². The van der Waals surface area contributed by atoms with Crippen LogP contribution in [0.3, 0.4) is 0 Å². The first-order valence-corrected chi connectivity index (χ1v) is 6.02. The van der Waals surface area contributed by atoms with E-state index in [1.807, 2.05) is 24.3 Å². The standard InChI is InChI=1S/C13H16FNO3/c14-18-13(17)10-5-7-15(8-6-10)12-4-2-1-3-11(12)9-16/h1-4,10,16H,5-9H2. The van der Waals surface area contributed by atoms with E-state index >= 15 is 0 Å². The average molecular weight is 253 g/mol. The fraction of sp³-hybridized carbons (Fsp3) is 0.462. The second-order valence-electron chi connectivity index (χ2n) is 4.44. The number of piperidine rings is 1. The number of aliphatic hydroxyl groups is 1. The van der Waals surface area contributed by atoms with Gasteiger partial charge in [-0.25, -0.2) is 4.79 Å². The number of para-hydroxylation sites is 1. The smallest absolute Gasteiger partial charge is 0.351 e. The van der Waals surface area contributed by atoms with Crippen LogP contribution in [0.2, 0.25) is 0 Å². The molecule has 1 saturated heterocycles. The van der Waals surface area contributed by atoms with Crippen molar-refractivity contribution in [1.29, 1.82) is 0 Å². The Hall–Kier alpha value is -1.62. The number of rotatable bonds is 3. The van der Waals surface area contributed by atoms with Crippen molar-refractivity contribution in [2.75, 3.05) is 18.0 Å². The van der Waals surface area contributed by atoms with Gasteiger partial charge in [0.05, 0.1) is 12.5 Å². The van der Waals surface area contributed by atoms with E-state index in [0.29, 0.717) is 25.9 Å². The van der Waals surface area contributed by atoms with Gasteiger partial charge < -0.3 is 10.0 Å². The maximum absolute atomic E-state index is 11.8. The van der Waals surface area contributed by atoms with Crippen molar-refractivity contribution < 1.29 is 19.4 Å². The summed E-state index contributed by atoms with van der Waals surface area (Å²) in [7, 11) is 0. The molecule has 1 aromatic rings. The van der Waals surface area contributed by atoms with E-state index in [1.54, 1.807) is 0 Å². The van der Waals surface area contributed by atoms with Crippen molar-refractivity contribution in [3.63, 3.8) is 0 Å². The fourth-order valence-corrected chi connectivity index (χ4v) is 2.37. The average Bonchev–Trinajstić information content (AvgIpc) is 2.46. The van der Waals surface area contributed by atoms with E-state index in [1.165, 1.54) is 0 Å². The summed E-state index contributed by atoms with van der Waals surface area (Å²) in [5, 5.41) is 9.28. The molecule has 1 aliphatic rings. The highest BCUT2D eigenvalue weighted by Gasteiger charge is 2.27. The molecule has 0 atom stereocenters. The molecule has 1 heterocycles. The van der Waals surface area contributed by atoms with E-state index < -0.39 is 5.97 Å². The van der Waals surface area contributed by atoms with Gasteiger partial charge in [-0.1, -0.05) is 18.2 Å². The molecule has 98 valence electrons. The number of carbonyl (C=O) groups is 1. The fourth-order valence-electron chi connectivity index (χ4n) is 2.37. The van der Waals surface area contributed by atoms with Gasteiger partial charge in [-0.05, 0) is 18.9 Å². The summed E-state index contributed by atoms with van der Waals surface area (Å²) < 4.78 is 11.8. The highest BCUT2D eigenvalue weighted by molar-refractivity contribution is 5.72. The Morgan fingerprint density at radius 2 is 2.06 bits per heavy atom. The Morgan fingerprint density at radius 3 is 2.67 bits per heavy atom. The molecule has 5 heteroatoms. The molecule has 0 radical (unpaired) electrons. The van der Waals surface area contributed by atoms with Crippen molar-refractivity contribution in [2.24, 2.45) is 5.92 Å². The van der Waals surface area contributed by atoms with Gasteiger partial charge in [0.2, 0.25) is 0 Å². The molecule has 2 rings (SSSR count). The van der Waals surface area contributed by atoms with Crippen molar-refractivity contribution in [3.05, 3.63) is 29.8 Å². The van der Waals surface area contributed by atoms with Gasteiger partial charge in [0.15, 0.2) is 0 Å². The number of halogens is 1. The van der Waals surface area contributed by atoms with E-state index in [9.17, 15) is 14.4 Å². The Bertz CT molecular complexity index is 416. The van der Waals surface area contributed by atoms with Gasteiger partial charge in [-0.2, -0.15) is 0 Å². The summed E-state index contributed by atoms with van der Waals surface area (Å²) in [5.74, 6) is -1.13. The van der Waals surface area contributed by atoms with Crippen LogP contribution in [0.5, 0.6) is 0 Å². The molecule has 1 aromatic carbocycles. The summed E-state index contributed by atoms with van der Waals surface area (Å²) >= 11 is 0. The van der Waals surface area contributed by atoms with Gasteiger partial charge >= 0.3 is 5.97 Å². The zero-order valence-corrected chi connectivity index (χ0v) is 10.0. The maximum Gasteiger partial charge on any atom is 0.351 e. The quantitative estimate of drug-likeness (QED) is 0.892. The van der Waals surface area contributed by atoms with E-state index in [0.717, 1.165) is 11.3 Å². The molecule has 1 aliphatic heterocycles. The molecular formula is C13H16FNO3. The normalized spacial score (nSPS) is 16.7. The molecule has 4 nitrogen and oxygen atoms in total. The SMILES string of the molecule is O=C(OF)C1CCN(c2ccccc2CO)CC1. The molecular weight excluding hydrogens is 237 g/mol. The van der Waals surface area contributed by atoms with Gasteiger partial charge in [0.1, 0.15) is 0 Å². The first-order valence-electron chi connectivity index (χ1n) is 6.02. The summed E-state index contributed by atoms with van der Waals surface area (Å²) in [4.78, 5) is 16.5. The topological polar surface area (TPSA) is 49.8 Å². The van der Waals surface area contributed by atoms with Crippen LogP contribution in [0.15, 0.2) is 24.3 Å². The monoisotopic (exact) mass is 253 g/mol. The molecule has 1 N–H and O–H groups in total. The van der Waals surface area contributed by atoms with Gasteiger partial charge in [0, 0.05) is 28.9 Å². The zero-order valence-electron chi connectivity index (χ0n) is 10.0. The maximum atomic E-state index is 11.8. The van der Waals surface area contributed by atoms with Gasteiger partial charge in [-0.3, -0.25) is 4.94 Å². The zero-order chi connectivity index (χ0) is 13.0. The van der Waals surface area contributed by atoms with Crippen LogP contribution in [0.25, 0.3) is 0 Å². The van der Waals surface area contributed by atoms with Crippen molar-refractivity contribution in [2.45, 2.75) is 19.4 Å². The minimum atomic E-state index is -0.773. The second kappa shape index (κ2) is 5.82. The third-order valence-electron chi connectivity index (χ3n) is 3.41. The minimum Gasteiger partial charge on any atom is -0.392 e. The molecule has 0 aliphatic carbocycles. The highest BCUT2D eigenvalue weighted by atomic mass is 19.3. The Morgan fingerprint density at radius 1 is 1.39 bits per heavy atom. The number of anilines is 1. The Labute approximate surface area is 105 Å². The lowest BCUT2D eigenvalue weighted by atomic mass is 9.96. The summed E-state index contributed by atoms with van der Waals surface area (Å²) in [6.45, 7) is 1.32. The highest BCUT2D eigenvalue weighted by Crippen LogP contribution is 2.26. The Kier molecular flexibility index (Phi) is 4.15. The predicted molar refractivity (Wildman–Crippen MR) is 64.5 cm³/mol. The van der Waals surface area contributed by atoms with Crippen LogP contribution in [0.4, 0.5) is 10.2 Å². The van der Waals surface area contributed by atoms with Crippen LogP contribution >= 0.6 is 0 Å². The minimum absolute atomic E-state index is 0.0113. The lowest BCUT2D eigenvalue weighted by Crippen LogP contribution is -2.37. The largest absolute Gasteiger partial charge is 0.392 e. The van der Waals surface area contributed by atoms with Crippen LogP contribution < -0.4 is 4.90 Å². The number of carbonyl (C=O) groups excluding carboxylic acids is 1. The van der Waals surface area contributed by atoms with Crippen LogP contribution in [0, 0.1) is 5.92 Å². The lowest BCUT2D eigenvalue weighted by molar-refractivity contribution is -0.189. The van der Waals surface area contributed by atoms with E-state index in [4.69, 9.17) is 0 Å². The second-order valence-corrected chi connectivity index (χ2v) is 4.44. The first kappa shape index (κ1) is 12.8. The number of nitrogens with zero attached hydrogens (tertiary/aromatic N) is 1. The molecule has 0 saturated carbocycles. The number of aliphatic hydroxyl groups excluding tert-OH is 1. The van der Waals surface area contributed by atoms with E-state index in [2.05, 4.69) is 9.84 Å². The van der Waals surface area contributed by atoms with Crippen LogP contribution in [0.1, 0.15) is 18.4 Å². The first-order chi connectivity index (χ1) is 8.76. The molecule has 0 amide bonds. The predicted octanol–water partition coefficient (Wildman–Crippen LogP) is 1.82. The summed E-state index contributed by atoms with van der Waals surface area (Å²) in [5.41, 5.74) is 1.84. The molecule has 0 spiro atoms.